The molecule has 1 heterocycles. The number of benzene rings is 1. The van der Waals surface area contributed by atoms with Crippen LogP contribution in [0.2, 0.25) is 5.02 Å². The number of rotatable bonds is 4. The summed E-state index contributed by atoms with van der Waals surface area (Å²) >= 11 is 6.03. The molecular weight excluding hydrogens is 290 g/mol. The van der Waals surface area contributed by atoms with E-state index in [2.05, 4.69) is 0 Å². The minimum atomic E-state index is -0.846. The van der Waals surface area contributed by atoms with E-state index in [-0.39, 0.29) is 5.91 Å². The molecule has 1 fully saturated rings. The average molecular weight is 310 g/mol. The standard InChI is InChI=1S/C16H20ClNO3/c1-18(12-16(20)8-10-21-11-9-16)15(19)7-6-13-4-2-3-5-14(13)17/h2-7,20H,8-12H2,1H3/b7-6+. The maximum Gasteiger partial charge on any atom is 0.246 e. The molecule has 1 aromatic rings. The van der Waals surface area contributed by atoms with E-state index in [0.717, 1.165) is 5.56 Å². The summed E-state index contributed by atoms with van der Waals surface area (Å²) in [5.74, 6) is -0.158. The fourth-order valence-corrected chi connectivity index (χ4v) is 2.53. The lowest BCUT2D eigenvalue weighted by molar-refractivity contribution is -0.131. The van der Waals surface area contributed by atoms with Gasteiger partial charge in [0, 0.05) is 50.7 Å². The van der Waals surface area contributed by atoms with Gasteiger partial charge in [-0.3, -0.25) is 4.79 Å². The number of amides is 1. The molecule has 1 saturated heterocycles. The number of likely N-dealkylation sites (N-methyl/N-ethyl adjacent to an activating group) is 1. The molecular formula is C16H20ClNO3. The smallest absolute Gasteiger partial charge is 0.246 e. The van der Waals surface area contributed by atoms with Gasteiger partial charge in [0.05, 0.1) is 5.60 Å². The fourth-order valence-electron chi connectivity index (χ4n) is 2.33. The third-order valence-corrected chi connectivity index (χ3v) is 3.99. The van der Waals surface area contributed by atoms with E-state index in [9.17, 15) is 9.90 Å². The molecule has 1 amide bonds. The van der Waals surface area contributed by atoms with Gasteiger partial charge in [-0.2, -0.15) is 0 Å². The van der Waals surface area contributed by atoms with E-state index >= 15 is 0 Å². The number of ether oxygens (including phenoxy) is 1. The number of carbonyl (C=O) groups excluding carboxylic acids is 1. The van der Waals surface area contributed by atoms with Crippen LogP contribution in [0.4, 0.5) is 0 Å². The lowest BCUT2D eigenvalue weighted by Gasteiger charge is -2.35. The van der Waals surface area contributed by atoms with Gasteiger partial charge in [0.1, 0.15) is 0 Å². The molecule has 2 rings (SSSR count). The van der Waals surface area contributed by atoms with Crippen molar-refractivity contribution >= 4 is 23.6 Å². The van der Waals surface area contributed by atoms with Crippen LogP contribution in [0.5, 0.6) is 0 Å². The van der Waals surface area contributed by atoms with Crippen LogP contribution in [-0.4, -0.2) is 48.3 Å². The number of nitrogens with zero attached hydrogens (tertiary/aromatic N) is 1. The van der Waals surface area contributed by atoms with Crippen molar-refractivity contribution in [3.05, 3.63) is 40.9 Å². The van der Waals surface area contributed by atoms with E-state index in [1.54, 1.807) is 19.2 Å². The first-order valence-electron chi connectivity index (χ1n) is 6.98. The maximum absolute atomic E-state index is 12.1. The number of carbonyl (C=O) groups is 1. The molecule has 1 N–H and O–H groups in total. The van der Waals surface area contributed by atoms with Crippen molar-refractivity contribution in [3.63, 3.8) is 0 Å². The molecule has 0 unspecified atom stereocenters. The Hall–Kier alpha value is -1.36. The molecule has 1 aromatic carbocycles. The van der Waals surface area contributed by atoms with Gasteiger partial charge >= 0.3 is 0 Å². The molecule has 5 heteroatoms. The van der Waals surface area contributed by atoms with Crippen LogP contribution in [0, 0.1) is 0 Å². The molecule has 4 nitrogen and oxygen atoms in total. The second kappa shape index (κ2) is 7.07. The van der Waals surface area contributed by atoms with Crippen LogP contribution in [0.15, 0.2) is 30.3 Å². The van der Waals surface area contributed by atoms with Crippen LogP contribution in [0.1, 0.15) is 18.4 Å². The summed E-state index contributed by atoms with van der Waals surface area (Å²) in [5.41, 5.74) is -0.0494. The van der Waals surface area contributed by atoms with Crippen molar-refractivity contribution in [3.8, 4) is 0 Å². The quantitative estimate of drug-likeness (QED) is 0.869. The van der Waals surface area contributed by atoms with Gasteiger partial charge < -0.3 is 14.7 Å². The summed E-state index contributed by atoms with van der Waals surface area (Å²) < 4.78 is 5.23. The molecule has 0 aromatic heterocycles. The van der Waals surface area contributed by atoms with Gasteiger partial charge in [-0.15, -0.1) is 0 Å². The molecule has 114 valence electrons. The van der Waals surface area contributed by atoms with E-state index < -0.39 is 5.60 Å². The Labute approximate surface area is 130 Å². The predicted octanol–water partition coefficient (Wildman–Crippen LogP) is 2.35. The van der Waals surface area contributed by atoms with Crippen molar-refractivity contribution in [1.82, 2.24) is 4.90 Å². The first-order chi connectivity index (χ1) is 10.0. The third-order valence-electron chi connectivity index (χ3n) is 3.64. The molecule has 0 spiro atoms. The largest absolute Gasteiger partial charge is 0.388 e. The third kappa shape index (κ3) is 4.56. The topological polar surface area (TPSA) is 49.8 Å². The van der Waals surface area contributed by atoms with Crippen molar-refractivity contribution in [2.75, 3.05) is 26.8 Å². The Morgan fingerprint density at radius 3 is 2.76 bits per heavy atom. The van der Waals surface area contributed by atoms with Crippen molar-refractivity contribution in [1.29, 1.82) is 0 Å². The van der Waals surface area contributed by atoms with E-state index in [1.165, 1.54) is 11.0 Å². The van der Waals surface area contributed by atoms with Gasteiger partial charge in [-0.1, -0.05) is 29.8 Å². The highest BCUT2D eigenvalue weighted by atomic mass is 35.5. The van der Waals surface area contributed by atoms with Crippen molar-refractivity contribution < 1.29 is 14.6 Å². The van der Waals surface area contributed by atoms with Gasteiger partial charge in [0.25, 0.3) is 0 Å². The Balaban J connectivity index is 1.95. The average Bonchev–Trinajstić information content (AvgIpc) is 2.46. The summed E-state index contributed by atoms with van der Waals surface area (Å²) in [6, 6.07) is 7.33. The predicted molar refractivity (Wildman–Crippen MR) is 83.1 cm³/mol. The summed E-state index contributed by atoms with van der Waals surface area (Å²) in [6.07, 6.45) is 4.27. The minimum Gasteiger partial charge on any atom is -0.388 e. The summed E-state index contributed by atoms with van der Waals surface area (Å²) in [7, 11) is 1.69. The molecule has 0 aliphatic carbocycles. The Bertz CT molecular complexity index is 524. The summed E-state index contributed by atoms with van der Waals surface area (Å²) in [4.78, 5) is 13.6. The molecule has 0 radical (unpaired) electrons. The normalized spacial score (nSPS) is 17.9. The van der Waals surface area contributed by atoms with Crippen molar-refractivity contribution in [2.45, 2.75) is 18.4 Å². The number of hydrogen-bond acceptors (Lipinski definition) is 3. The zero-order valence-electron chi connectivity index (χ0n) is 12.1. The summed E-state index contributed by atoms with van der Waals surface area (Å²) in [5, 5.41) is 11.0. The molecule has 0 bridgehead atoms. The minimum absolute atomic E-state index is 0.158. The van der Waals surface area contributed by atoms with Crippen LogP contribution in [-0.2, 0) is 9.53 Å². The van der Waals surface area contributed by atoms with Crippen LogP contribution < -0.4 is 0 Å². The first kappa shape index (κ1) is 16.0. The van der Waals surface area contributed by atoms with Crippen LogP contribution in [0.3, 0.4) is 0 Å². The number of aliphatic hydroxyl groups is 1. The molecule has 0 saturated carbocycles. The van der Waals surface area contributed by atoms with Crippen LogP contribution >= 0.6 is 11.6 Å². The highest BCUT2D eigenvalue weighted by Crippen LogP contribution is 2.21. The SMILES string of the molecule is CN(CC1(O)CCOCC1)C(=O)/C=C/c1ccccc1Cl. The highest BCUT2D eigenvalue weighted by Gasteiger charge is 2.31. The zero-order valence-corrected chi connectivity index (χ0v) is 12.8. The number of halogens is 1. The van der Waals surface area contributed by atoms with Gasteiger partial charge in [-0.05, 0) is 17.7 Å². The highest BCUT2D eigenvalue weighted by molar-refractivity contribution is 6.32. The van der Waals surface area contributed by atoms with E-state index in [0.29, 0.717) is 37.6 Å². The van der Waals surface area contributed by atoms with E-state index in [1.807, 2.05) is 18.2 Å². The lowest BCUT2D eigenvalue weighted by atomic mass is 9.94. The Morgan fingerprint density at radius 2 is 2.10 bits per heavy atom. The lowest BCUT2D eigenvalue weighted by Crippen LogP contribution is -2.47. The fraction of sp³-hybridized carbons (Fsp3) is 0.438. The molecule has 21 heavy (non-hydrogen) atoms. The van der Waals surface area contributed by atoms with Crippen LogP contribution in [0.25, 0.3) is 6.08 Å². The zero-order chi connectivity index (χ0) is 15.3. The Kier molecular flexibility index (Phi) is 5.39. The molecule has 0 atom stereocenters. The monoisotopic (exact) mass is 309 g/mol. The second-order valence-corrected chi connectivity index (χ2v) is 5.79. The van der Waals surface area contributed by atoms with Gasteiger partial charge in [0.15, 0.2) is 0 Å². The maximum atomic E-state index is 12.1. The first-order valence-corrected chi connectivity index (χ1v) is 7.36. The molecule has 1 aliphatic rings. The van der Waals surface area contributed by atoms with Gasteiger partial charge in [-0.25, -0.2) is 0 Å². The van der Waals surface area contributed by atoms with Gasteiger partial charge in [0.2, 0.25) is 5.91 Å². The molecule has 1 aliphatic heterocycles. The van der Waals surface area contributed by atoms with Crippen molar-refractivity contribution in [2.24, 2.45) is 0 Å². The Morgan fingerprint density at radius 1 is 1.43 bits per heavy atom. The number of hydrogen-bond donors (Lipinski definition) is 1. The summed E-state index contributed by atoms with van der Waals surface area (Å²) in [6.45, 7) is 1.38. The second-order valence-electron chi connectivity index (χ2n) is 5.39. The van der Waals surface area contributed by atoms with E-state index in [4.69, 9.17) is 16.3 Å².